The maximum atomic E-state index is 12.8. The molecule has 0 spiro atoms. The zero-order valence-corrected chi connectivity index (χ0v) is 16.7. The molecule has 0 saturated heterocycles. The van der Waals surface area contributed by atoms with Gasteiger partial charge in [-0.2, -0.15) is 0 Å². The molecule has 2 N–H and O–H groups in total. The largest absolute Gasteiger partial charge is 0.339 e. The Bertz CT molecular complexity index is 822. The number of amides is 3. The molecule has 3 rings (SSSR count). The lowest BCUT2D eigenvalue weighted by atomic mass is 9.94. The quantitative estimate of drug-likeness (QED) is 0.777. The van der Waals surface area contributed by atoms with Gasteiger partial charge < -0.3 is 15.5 Å². The first-order valence-electron chi connectivity index (χ1n) is 9.55. The molecule has 1 heterocycles. The fourth-order valence-electron chi connectivity index (χ4n) is 3.45. The van der Waals surface area contributed by atoms with Crippen molar-refractivity contribution in [2.24, 2.45) is 0 Å². The summed E-state index contributed by atoms with van der Waals surface area (Å²) in [4.78, 5) is 30.7. The molecule has 0 radical (unpaired) electrons. The number of nitrogens with zero attached hydrogens (tertiary/aromatic N) is 2. The Kier molecular flexibility index (Phi) is 6.87. The minimum atomic E-state index is -0.349. The normalized spacial score (nSPS) is 14.4. The summed E-state index contributed by atoms with van der Waals surface area (Å²) in [5.74, 6) is -0.0792. The highest BCUT2D eigenvalue weighted by Crippen LogP contribution is 2.26. The summed E-state index contributed by atoms with van der Waals surface area (Å²) in [6.07, 6.45) is 9.01. The van der Waals surface area contributed by atoms with Crippen LogP contribution in [0.15, 0.2) is 42.7 Å². The number of nitrogens with one attached hydrogen (secondary N) is 2. The Morgan fingerprint density at radius 3 is 2.68 bits per heavy atom. The van der Waals surface area contributed by atoms with E-state index in [9.17, 15) is 9.59 Å². The lowest BCUT2D eigenvalue weighted by molar-refractivity contribution is 0.0696. The van der Waals surface area contributed by atoms with Gasteiger partial charge in [0.05, 0.1) is 10.6 Å². The molecule has 0 unspecified atom stereocenters. The van der Waals surface area contributed by atoms with Crippen LogP contribution in [-0.2, 0) is 6.54 Å². The fraction of sp³-hybridized carbons (Fsp3) is 0.381. The standard InChI is InChI=1S/C21H25ClN4O2/c1-26(17-7-3-2-4-8-17)20(27)18-10-9-16(12-19(18)22)25-21(28)24-14-15-6-5-11-23-13-15/h5-6,9-13,17H,2-4,7-8,14H2,1H3,(H2,24,25,28). The number of halogens is 1. The molecule has 0 atom stereocenters. The van der Waals surface area contributed by atoms with Crippen molar-refractivity contribution in [1.82, 2.24) is 15.2 Å². The molecule has 1 aliphatic carbocycles. The van der Waals surface area contributed by atoms with Gasteiger partial charge in [-0.15, -0.1) is 0 Å². The Balaban J connectivity index is 1.58. The van der Waals surface area contributed by atoms with E-state index in [0.29, 0.717) is 22.8 Å². The number of aromatic nitrogens is 1. The van der Waals surface area contributed by atoms with Crippen LogP contribution in [0.1, 0.15) is 48.0 Å². The second kappa shape index (κ2) is 9.55. The third-order valence-electron chi connectivity index (χ3n) is 5.08. The molecule has 1 aromatic heterocycles. The minimum absolute atomic E-state index is 0.0792. The predicted molar refractivity (Wildman–Crippen MR) is 111 cm³/mol. The molecule has 7 heteroatoms. The maximum Gasteiger partial charge on any atom is 0.319 e. The van der Waals surface area contributed by atoms with Gasteiger partial charge in [-0.25, -0.2) is 4.79 Å². The third-order valence-corrected chi connectivity index (χ3v) is 5.39. The zero-order chi connectivity index (χ0) is 19.9. The van der Waals surface area contributed by atoms with Crippen LogP contribution in [0.5, 0.6) is 0 Å². The topological polar surface area (TPSA) is 74.3 Å². The summed E-state index contributed by atoms with van der Waals surface area (Å²) in [6, 6.07) is 8.58. The number of pyridine rings is 1. The molecule has 1 aliphatic rings. The number of carbonyl (C=O) groups is 2. The fourth-order valence-corrected chi connectivity index (χ4v) is 3.71. The second-order valence-corrected chi connectivity index (χ2v) is 7.48. The van der Waals surface area contributed by atoms with Crippen molar-refractivity contribution in [2.75, 3.05) is 12.4 Å². The van der Waals surface area contributed by atoms with Crippen molar-refractivity contribution < 1.29 is 9.59 Å². The van der Waals surface area contributed by atoms with Crippen molar-refractivity contribution in [3.05, 3.63) is 58.9 Å². The van der Waals surface area contributed by atoms with Gasteiger partial charge in [0.1, 0.15) is 0 Å². The number of hydrogen-bond donors (Lipinski definition) is 2. The monoisotopic (exact) mass is 400 g/mol. The van der Waals surface area contributed by atoms with Crippen molar-refractivity contribution in [2.45, 2.75) is 44.7 Å². The summed E-state index contributed by atoms with van der Waals surface area (Å²) in [7, 11) is 1.84. The van der Waals surface area contributed by atoms with E-state index in [-0.39, 0.29) is 18.0 Å². The molecule has 6 nitrogen and oxygen atoms in total. The SMILES string of the molecule is CN(C(=O)c1ccc(NC(=O)NCc2cccnc2)cc1Cl)C1CCCCC1. The Morgan fingerprint density at radius 1 is 1.21 bits per heavy atom. The van der Waals surface area contributed by atoms with Crippen LogP contribution < -0.4 is 10.6 Å². The molecule has 2 aromatic rings. The van der Waals surface area contributed by atoms with Gasteiger partial charge >= 0.3 is 6.03 Å². The highest BCUT2D eigenvalue weighted by Gasteiger charge is 2.24. The predicted octanol–water partition coefficient (Wildman–Crippen LogP) is 4.46. The van der Waals surface area contributed by atoms with Crippen molar-refractivity contribution in [3.8, 4) is 0 Å². The Morgan fingerprint density at radius 2 is 2.00 bits per heavy atom. The lowest BCUT2D eigenvalue weighted by Gasteiger charge is -2.31. The first-order valence-corrected chi connectivity index (χ1v) is 9.93. The summed E-state index contributed by atoms with van der Waals surface area (Å²) in [5, 5.41) is 5.82. The number of urea groups is 1. The summed E-state index contributed by atoms with van der Waals surface area (Å²) in [5.41, 5.74) is 1.89. The molecule has 3 amide bonds. The highest BCUT2D eigenvalue weighted by atomic mass is 35.5. The molecule has 0 bridgehead atoms. The summed E-state index contributed by atoms with van der Waals surface area (Å²) in [6.45, 7) is 0.371. The van der Waals surface area contributed by atoms with Crippen LogP contribution in [0, 0.1) is 0 Å². The lowest BCUT2D eigenvalue weighted by Crippen LogP contribution is -2.38. The molecule has 0 aliphatic heterocycles. The third kappa shape index (κ3) is 5.23. The van der Waals surface area contributed by atoms with Gasteiger partial charge in [-0.05, 0) is 42.7 Å². The summed E-state index contributed by atoms with van der Waals surface area (Å²) < 4.78 is 0. The van der Waals surface area contributed by atoms with Gasteiger partial charge in [0.15, 0.2) is 0 Å². The van der Waals surface area contributed by atoms with E-state index in [2.05, 4.69) is 15.6 Å². The molecule has 1 saturated carbocycles. The van der Waals surface area contributed by atoms with E-state index < -0.39 is 0 Å². The second-order valence-electron chi connectivity index (χ2n) is 7.07. The Labute approximate surface area is 170 Å². The first kappa shape index (κ1) is 20.1. The number of benzene rings is 1. The van der Waals surface area contributed by atoms with E-state index in [1.165, 1.54) is 6.42 Å². The number of hydrogen-bond acceptors (Lipinski definition) is 3. The van der Waals surface area contributed by atoms with Gasteiger partial charge in [0.2, 0.25) is 0 Å². The first-order chi connectivity index (χ1) is 13.5. The summed E-state index contributed by atoms with van der Waals surface area (Å²) >= 11 is 6.34. The van der Waals surface area contributed by atoms with Gasteiger partial charge in [-0.3, -0.25) is 9.78 Å². The zero-order valence-electron chi connectivity index (χ0n) is 16.0. The van der Waals surface area contributed by atoms with Crippen LogP contribution in [0.3, 0.4) is 0 Å². The van der Waals surface area contributed by atoms with E-state index in [1.54, 1.807) is 35.5 Å². The molecule has 148 valence electrons. The molecule has 28 heavy (non-hydrogen) atoms. The van der Waals surface area contributed by atoms with Crippen LogP contribution in [0.4, 0.5) is 10.5 Å². The van der Waals surface area contributed by atoms with Crippen LogP contribution in [0.2, 0.25) is 5.02 Å². The molecule has 1 aromatic carbocycles. The average molecular weight is 401 g/mol. The smallest absolute Gasteiger partial charge is 0.319 e. The van der Waals surface area contributed by atoms with Crippen LogP contribution >= 0.6 is 11.6 Å². The van der Waals surface area contributed by atoms with Crippen molar-refractivity contribution >= 4 is 29.2 Å². The molecule has 1 fully saturated rings. The van der Waals surface area contributed by atoms with Crippen LogP contribution in [0.25, 0.3) is 0 Å². The van der Waals surface area contributed by atoms with E-state index in [4.69, 9.17) is 11.6 Å². The Hall–Kier alpha value is -2.60. The van der Waals surface area contributed by atoms with Crippen molar-refractivity contribution in [1.29, 1.82) is 0 Å². The van der Waals surface area contributed by atoms with Gasteiger partial charge in [0, 0.05) is 37.7 Å². The van der Waals surface area contributed by atoms with Gasteiger partial charge in [-0.1, -0.05) is 36.9 Å². The number of carbonyl (C=O) groups excluding carboxylic acids is 2. The van der Waals surface area contributed by atoms with Crippen LogP contribution in [-0.4, -0.2) is 34.9 Å². The van der Waals surface area contributed by atoms with Gasteiger partial charge in [0.25, 0.3) is 5.91 Å². The maximum absolute atomic E-state index is 12.8. The number of anilines is 1. The van der Waals surface area contributed by atoms with Crippen molar-refractivity contribution in [3.63, 3.8) is 0 Å². The van der Waals surface area contributed by atoms with E-state index in [1.807, 2.05) is 19.2 Å². The average Bonchev–Trinajstić information content (AvgIpc) is 2.73. The van der Waals surface area contributed by atoms with E-state index >= 15 is 0 Å². The molecular weight excluding hydrogens is 376 g/mol. The molecular formula is C21H25ClN4O2. The van der Waals surface area contributed by atoms with E-state index in [0.717, 1.165) is 31.2 Å². The number of rotatable bonds is 5. The highest BCUT2D eigenvalue weighted by molar-refractivity contribution is 6.34. The minimum Gasteiger partial charge on any atom is -0.339 e.